The number of alkyl halides is 3. The molecule has 2 heterocycles. The summed E-state index contributed by atoms with van der Waals surface area (Å²) >= 11 is 1.50. The van der Waals surface area contributed by atoms with Crippen molar-refractivity contribution in [2.75, 3.05) is 5.32 Å². The third-order valence-electron chi connectivity index (χ3n) is 4.46. The van der Waals surface area contributed by atoms with E-state index < -0.39 is 29.4 Å². The van der Waals surface area contributed by atoms with Gasteiger partial charge >= 0.3 is 6.18 Å². The molecule has 2 aromatic heterocycles. The molecule has 0 spiro atoms. The summed E-state index contributed by atoms with van der Waals surface area (Å²) in [6.45, 7) is 3.15. The van der Waals surface area contributed by atoms with E-state index >= 15 is 0 Å². The summed E-state index contributed by atoms with van der Waals surface area (Å²) in [7, 11) is 0. The first-order valence-electron chi connectivity index (χ1n) is 9.16. The number of aromatic nitrogens is 3. The Morgan fingerprint density at radius 3 is 2.60 bits per heavy atom. The van der Waals surface area contributed by atoms with Crippen LogP contribution in [0.1, 0.15) is 35.9 Å². The molecule has 2 aromatic carbocycles. The summed E-state index contributed by atoms with van der Waals surface area (Å²) in [5.74, 6) is -0.865. The van der Waals surface area contributed by atoms with Gasteiger partial charge in [-0.2, -0.15) is 18.3 Å². The highest BCUT2D eigenvalue weighted by molar-refractivity contribution is 7.21. The normalized spacial score (nSPS) is 11.9. The third-order valence-corrected chi connectivity index (χ3v) is 5.54. The number of carbonyl (C=O) groups is 1. The van der Waals surface area contributed by atoms with E-state index in [4.69, 9.17) is 0 Å². The van der Waals surface area contributed by atoms with Gasteiger partial charge in [0.2, 0.25) is 0 Å². The number of rotatable bonds is 4. The van der Waals surface area contributed by atoms with Crippen LogP contribution >= 0.6 is 11.3 Å². The standard InChI is InChI=1S/C21H17F3N4OS/c1-12(2)28-18(21(22,23)24)15(11-25-28)19(29)26-14-7-5-6-13(10-14)20-27-16-8-3-4-9-17(16)30-20/h3-12H,1-2H3,(H,26,29). The highest BCUT2D eigenvalue weighted by Gasteiger charge is 2.40. The second-order valence-electron chi connectivity index (χ2n) is 6.96. The maximum absolute atomic E-state index is 13.5. The van der Waals surface area contributed by atoms with Crippen LogP contribution in [0.2, 0.25) is 0 Å². The Bertz CT molecular complexity index is 1190. The number of hydrogen-bond acceptors (Lipinski definition) is 4. The summed E-state index contributed by atoms with van der Waals surface area (Å²) in [5.41, 5.74) is 0.437. The quantitative estimate of drug-likeness (QED) is 0.431. The molecule has 0 bridgehead atoms. The van der Waals surface area contributed by atoms with Crippen molar-refractivity contribution in [3.05, 3.63) is 66.0 Å². The molecule has 0 aliphatic heterocycles. The van der Waals surface area contributed by atoms with Crippen molar-refractivity contribution in [2.24, 2.45) is 0 Å². The van der Waals surface area contributed by atoms with E-state index in [1.165, 1.54) is 11.3 Å². The van der Waals surface area contributed by atoms with Gasteiger partial charge in [-0.1, -0.05) is 24.3 Å². The Kier molecular flexibility index (Phi) is 5.07. The summed E-state index contributed by atoms with van der Waals surface area (Å²) < 4.78 is 42.5. The number of carbonyl (C=O) groups excluding carboxylic acids is 1. The van der Waals surface area contributed by atoms with E-state index in [-0.39, 0.29) is 0 Å². The smallest absolute Gasteiger partial charge is 0.322 e. The molecular formula is C21H17F3N4OS. The number of anilines is 1. The van der Waals surface area contributed by atoms with Crippen LogP contribution in [0.25, 0.3) is 20.8 Å². The van der Waals surface area contributed by atoms with Crippen molar-refractivity contribution in [3.8, 4) is 10.6 Å². The summed E-state index contributed by atoms with van der Waals surface area (Å²) in [5, 5.41) is 7.07. The molecule has 5 nitrogen and oxygen atoms in total. The van der Waals surface area contributed by atoms with Gasteiger partial charge in [0.25, 0.3) is 5.91 Å². The van der Waals surface area contributed by atoms with Crippen molar-refractivity contribution in [1.29, 1.82) is 0 Å². The molecule has 0 saturated heterocycles. The van der Waals surface area contributed by atoms with Gasteiger partial charge in [0.1, 0.15) is 5.01 Å². The number of hydrogen-bond donors (Lipinski definition) is 1. The van der Waals surface area contributed by atoms with Gasteiger partial charge in [0.15, 0.2) is 5.69 Å². The first-order valence-corrected chi connectivity index (χ1v) is 9.98. The van der Waals surface area contributed by atoms with E-state index in [0.29, 0.717) is 5.69 Å². The second-order valence-corrected chi connectivity index (χ2v) is 8.00. The molecule has 9 heteroatoms. The lowest BCUT2D eigenvalue weighted by Gasteiger charge is -2.15. The maximum atomic E-state index is 13.5. The molecule has 4 rings (SSSR count). The first-order chi connectivity index (χ1) is 14.2. The Morgan fingerprint density at radius 1 is 1.13 bits per heavy atom. The van der Waals surface area contributed by atoms with Gasteiger partial charge in [-0.25, -0.2) is 4.98 Å². The molecule has 0 atom stereocenters. The topological polar surface area (TPSA) is 59.8 Å². The van der Waals surface area contributed by atoms with Crippen molar-refractivity contribution < 1.29 is 18.0 Å². The minimum absolute atomic E-state index is 0.377. The van der Waals surface area contributed by atoms with Crippen LogP contribution < -0.4 is 5.32 Å². The van der Waals surface area contributed by atoms with Crippen LogP contribution in [0.5, 0.6) is 0 Å². The lowest BCUT2D eigenvalue weighted by atomic mass is 10.1. The zero-order valence-corrected chi connectivity index (χ0v) is 16.9. The minimum atomic E-state index is -4.70. The first kappa shape index (κ1) is 20.1. The molecule has 0 radical (unpaired) electrons. The average molecular weight is 430 g/mol. The van der Waals surface area contributed by atoms with Gasteiger partial charge in [0.05, 0.1) is 22.0 Å². The van der Waals surface area contributed by atoms with Gasteiger partial charge in [0, 0.05) is 17.3 Å². The number of halogens is 3. The molecule has 0 aliphatic carbocycles. The van der Waals surface area contributed by atoms with E-state index in [9.17, 15) is 18.0 Å². The Hall–Kier alpha value is -3.20. The summed E-state index contributed by atoms with van der Waals surface area (Å²) in [6.07, 6.45) is -3.74. The van der Waals surface area contributed by atoms with Gasteiger partial charge < -0.3 is 5.32 Å². The molecule has 0 unspecified atom stereocenters. The van der Waals surface area contributed by atoms with E-state index in [1.807, 2.05) is 30.3 Å². The van der Waals surface area contributed by atoms with Gasteiger partial charge in [-0.15, -0.1) is 11.3 Å². The summed E-state index contributed by atoms with van der Waals surface area (Å²) in [6, 6.07) is 14.0. The number of nitrogens with zero attached hydrogens (tertiary/aromatic N) is 3. The fourth-order valence-corrected chi connectivity index (χ4v) is 4.09. The molecule has 4 aromatic rings. The molecule has 30 heavy (non-hydrogen) atoms. The molecule has 1 N–H and O–H groups in total. The highest BCUT2D eigenvalue weighted by atomic mass is 32.1. The number of nitrogens with one attached hydrogen (secondary N) is 1. The van der Waals surface area contributed by atoms with Gasteiger partial charge in [-0.3, -0.25) is 9.48 Å². The molecule has 0 fully saturated rings. The number of para-hydroxylation sites is 1. The van der Waals surface area contributed by atoms with Crippen LogP contribution in [-0.2, 0) is 6.18 Å². The SMILES string of the molecule is CC(C)n1ncc(C(=O)Nc2cccc(-c3nc4ccccc4s3)c2)c1C(F)(F)F. The molecule has 0 aliphatic rings. The fourth-order valence-electron chi connectivity index (χ4n) is 3.13. The van der Waals surface area contributed by atoms with Crippen LogP contribution in [0.4, 0.5) is 18.9 Å². The zero-order valence-electron chi connectivity index (χ0n) is 16.1. The molecule has 1 amide bonds. The lowest BCUT2D eigenvalue weighted by Crippen LogP contribution is -2.22. The summed E-state index contributed by atoms with van der Waals surface area (Å²) in [4.78, 5) is 17.2. The van der Waals surface area contributed by atoms with E-state index in [2.05, 4.69) is 15.4 Å². The number of fused-ring (bicyclic) bond motifs is 1. The maximum Gasteiger partial charge on any atom is 0.433 e. The predicted molar refractivity (Wildman–Crippen MR) is 111 cm³/mol. The van der Waals surface area contributed by atoms with E-state index in [0.717, 1.165) is 31.7 Å². The Balaban J connectivity index is 1.64. The average Bonchev–Trinajstić information content (AvgIpc) is 3.32. The number of thiazole rings is 1. The van der Waals surface area contributed by atoms with Crippen molar-refractivity contribution in [1.82, 2.24) is 14.8 Å². The third kappa shape index (κ3) is 3.80. The van der Waals surface area contributed by atoms with Crippen molar-refractivity contribution >= 4 is 33.1 Å². The van der Waals surface area contributed by atoms with Crippen LogP contribution in [0.15, 0.2) is 54.7 Å². The number of amides is 1. The number of benzene rings is 2. The minimum Gasteiger partial charge on any atom is -0.322 e. The van der Waals surface area contributed by atoms with Crippen LogP contribution in [0, 0.1) is 0 Å². The Morgan fingerprint density at radius 2 is 1.90 bits per heavy atom. The Labute approximate surface area is 174 Å². The van der Waals surface area contributed by atoms with Crippen molar-refractivity contribution in [2.45, 2.75) is 26.1 Å². The van der Waals surface area contributed by atoms with Gasteiger partial charge in [-0.05, 0) is 38.1 Å². The molecule has 154 valence electrons. The van der Waals surface area contributed by atoms with Crippen molar-refractivity contribution in [3.63, 3.8) is 0 Å². The zero-order chi connectivity index (χ0) is 21.5. The lowest BCUT2D eigenvalue weighted by molar-refractivity contribution is -0.145. The highest BCUT2D eigenvalue weighted by Crippen LogP contribution is 2.34. The van der Waals surface area contributed by atoms with Crippen LogP contribution in [0.3, 0.4) is 0 Å². The monoisotopic (exact) mass is 430 g/mol. The molecular weight excluding hydrogens is 413 g/mol. The predicted octanol–water partition coefficient (Wildman–Crippen LogP) is 6.01. The fraction of sp³-hybridized carbons (Fsp3) is 0.190. The largest absolute Gasteiger partial charge is 0.433 e. The second kappa shape index (κ2) is 7.56. The van der Waals surface area contributed by atoms with E-state index in [1.54, 1.807) is 32.0 Å². The molecule has 0 saturated carbocycles. The van der Waals surface area contributed by atoms with Crippen LogP contribution in [-0.4, -0.2) is 20.7 Å².